The van der Waals surface area contributed by atoms with Crippen LogP contribution in [0.5, 0.6) is 0 Å². The van der Waals surface area contributed by atoms with E-state index in [4.69, 9.17) is 4.74 Å². The Morgan fingerprint density at radius 3 is 2.23 bits per heavy atom. The molecule has 2 aromatic rings. The molecule has 162 valence electrons. The van der Waals surface area contributed by atoms with Gasteiger partial charge in [0.15, 0.2) is 0 Å². The normalized spacial score (nSPS) is 17.3. The first-order chi connectivity index (χ1) is 14.7. The van der Waals surface area contributed by atoms with E-state index in [2.05, 4.69) is 5.32 Å². The van der Waals surface area contributed by atoms with Gasteiger partial charge in [-0.15, -0.1) is 0 Å². The van der Waals surface area contributed by atoms with Gasteiger partial charge in [0.25, 0.3) is 5.91 Å². The average molecular weight is 432 g/mol. The molecule has 0 aromatic heterocycles. The number of halogens is 3. The van der Waals surface area contributed by atoms with Crippen molar-refractivity contribution in [1.82, 2.24) is 4.90 Å². The maximum atomic E-state index is 12.8. The van der Waals surface area contributed by atoms with Crippen LogP contribution in [0.3, 0.4) is 0 Å². The van der Waals surface area contributed by atoms with Crippen molar-refractivity contribution in [3.05, 3.63) is 64.7 Å². The molecule has 1 spiro atoms. The molecule has 9 heteroatoms. The number of likely N-dealkylation sites (tertiary alicyclic amines) is 1. The molecule has 0 radical (unpaired) electrons. The maximum Gasteiger partial charge on any atom is 0.416 e. The van der Waals surface area contributed by atoms with Crippen molar-refractivity contribution >= 4 is 23.5 Å². The van der Waals surface area contributed by atoms with Crippen LogP contribution in [0.4, 0.5) is 18.9 Å². The number of amides is 2. The summed E-state index contributed by atoms with van der Waals surface area (Å²) in [6.07, 6.45) is -3.79. The largest absolute Gasteiger partial charge is 0.465 e. The fourth-order valence-electron chi connectivity index (χ4n) is 4.23. The number of rotatable bonds is 2. The lowest BCUT2D eigenvalue weighted by atomic mass is 9.73. The van der Waals surface area contributed by atoms with Crippen LogP contribution >= 0.6 is 0 Å². The standard InChI is InChI=1S/C22H19F3N2O4/c1-31-19(29)14-4-7-17-16(12-14)21(20(30)26-17)8-10-27(11-9-21)18(28)13-2-5-15(6-3-13)22(23,24)25/h2-7,12H,8-11H2,1H3,(H,26,30). The first-order valence-electron chi connectivity index (χ1n) is 9.66. The van der Waals surface area contributed by atoms with Crippen molar-refractivity contribution < 1.29 is 32.3 Å². The molecule has 1 N–H and O–H groups in total. The van der Waals surface area contributed by atoms with Crippen LogP contribution < -0.4 is 5.32 Å². The van der Waals surface area contributed by atoms with E-state index in [1.165, 1.54) is 12.0 Å². The third-order valence-corrected chi connectivity index (χ3v) is 6.00. The van der Waals surface area contributed by atoms with Crippen LogP contribution in [-0.2, 0) is 21.1 Å². The van der Waals surface area contributed by atoms with Crippen LogP contribution in [0.25, 0.3) is 0 Å². The van der Waals surface area contributed by atoms with Gasteiger partial charge in [-0.1, -0.05) is 0 Å². The number of hydrogen-bond acceptors (Lipinski definition) is 4. The lowest BCUT2D eigenvalue weighted by Gasteiger charge is -2.38. The Hall–Kier alpha value is -3.36. The van der Waals surface area contributed by atoms with Gasteiger partial charge in [0.1, 0.15) is 0 Å². The molecule has 2 heterocycles. The number of methoxy groups -OCH3 is 1. The number of piperidine rings is 1. The Bertz CT molecular complexity index is 1060. The number of hydrogen-bond donors (Lipinski definition) is 1. The number of anilines is 1. The van der Waals surface area contributed by atoms with Crippen LogP contribution in [0.15, 0.2) is 42.5 Å². The summed E-state index contributed by atoms with van der Waals surface area (Å²) in [6, 6.07) is 8.97. The summed E-state index contributed by atoms with van der Waals surface area (Å²) in [5.74, 6) is -1.08. The molecule has 0 unspecified atom stereocenters. The van der Waals surface area contributed by atoms with Gasteiger partial charge in [0.05, 0.1) is 23.7 Å². The summed E-state index contributed by atoms with van der Waals surface area (Å²) >= 11 is 0. The minimum Gasteiger partial charge on any atom is -0.465 e. The highest BCUT2D eigenvalue weighted by Crippen LogP contribution is 2.45. The summed E-state index contributed by atoms with van der Waals surface area (Å²) in [5.41, 5.74) is 0.133. The molecule has 1 fully saturated rings. The van der Waals surface area contributed by atoms with Crippen LogP contribution in [-0.4, -0.2) is 42.9 Å². The van der Waals surface area contributed by atoms with Crippen molar-refractivity contribution in [3.63, 3.8) is 0 Å². The lowest BCUT2D eigenvalue weighted by molar-refractivity contribution is -0.137. The van der Waals surface area contributed by atoms with E-state index < -0.39 is 23.1 Å². The minimum absolute atomic E-state index is 0.160. The van der Waals surface area contributed by atoms with Crippen molar-refractivity contribution in [1.29, 1.82) is 0 Å². The molecule has 4 rings (SSSR count). The molecule has 2 aromatic carbocycles. The Labute approximate surface area is 176 Å². The third kappa shape index (κ3) is 3.54. The predicted octanol–water partition coefficient (Wildman–Crippen LogP) is 3.62. The second-order valence-corrected chi connectivity index (χ2v) is 7.66. The quantitative estimate of drug-likeness (QED) is 0.736. The topological polar surface area (TPSA) is 75.7 Å². The van der Waals surface area contributed by atoms with E-state index in [0.717, 1.165) is 24.3 Å². The Balaban J connectivity index is 1.53. The number of esters is 1. The molecule has 2 aliphatic heterocycles. The lowest BCUT2D eigenvalue weighted by Crippen LogP contribution is -2.48. The molecule has 0 bridgehead atoms. The molecule has 1 saturated heterocycles. The maximum absolute atomic E-state index is 12.8. The fraction of sp³-hybridized carbons (Fsp3) is 0.318. The summed E-state index contributed by atoms with van der Waals surface area (Å²) < 4.78 is 43.0. The zero-order chi connectivity index (χ0) is 22.4. The predicted molar refractivity (Wildman–Crippen MR) is 105 cm³/mol. The number of benzene rings is 2. The monoisotopic (exact) mass is 432 g/mol. The zero-order valence-electron chi connectivity index (χ0n) is 16.6. The Morgan fingerprint density at radius 2 is 1.65 bits per heavy atom. The average Bonchev–Trinajstić information content (AvgIpc) is 3.03. The second kappa shape index (κ2) is 7.40. The van der Waals surface area contributed by atoms with Gasteiger partial charge in [-0.2, -0.15) is 13.2 Å². The smallest absolute Gasteiger partial charge is 0.416 e. The molecule has 6 nitrogen and oxygen atoms in total. The van der Waals surface area contributed by atoms with E-state index in [1.807, 2.05) is 0 Å². The number of alkyl halides is 3. The van der Waals surface area contributed by atoms with Gasteiger partial charge in [-0.25, -0.2) is 4.79 Å². The number of nitrogens with zero attached hydrogens (tertiary/aromatic N) is 1. The van der Waals surface area contributed by atoms with Crippen molar-refractivity contribution in [2.75, 3.05) is 25.5 Å². The fourth-order valence-corrected chi connectivity index (χ4v) is 4.23. The van der Waals surface area contributed by atoms with Crippen LogP contribution in [0, 0.1) is 0 Å². The van der Waals surface area contributed by atoms with E-state index >= 15 is 0 Å². The van der Waals surface area contributed by atoms with Gasteiger partial charge >= 0.3 is 12.1 Å². The molecule has 0 aliphatic carbocycles. The highest BCUT2D eigenvalue weighted by molar-refractivity contribution is 6.07. The molecule has 31 heavy (non-hydrogen) atoms. The molecule has 0 saturated carbocycles. The second-order valence-electron chi connectivity index (χ2n) is 7.66. The van der Waals surface area contributed by atoms with Gasteiger partial charge in [0, 0.05) is 24.3 Å². The van der Waals surface area contributed by atoms with E-state index in [9.17, 15) is 27.6 Å². The minimum atomic E-state index is -4.47. The molecule has 2 amide bonds. The van der Waals surface area contributed by atoms with Crippen molar-refractivity contribution in [2.45, 2.75) is 24.4 Å². The van der Waals surface area contributed by atoms with Crippen LogP contribution in [0.2, 0.25) is 0 Å². The SMILES string of the molecule is COC(=O)c1ccc2c(c1)C1(CCN(C(=O)c3ccc(C(F)(F)F)cc3)CC1)C(=O)N2. The van der Waals surface area contributed by atoms with E-state index in [0.29, 0.717) is 29.7 Å². The third-order valence-electron chi connectivity index (χ3n) is 6.00. The van der Waals surface area contributed by atoms with Gasteiger partial charge in [0.2, 0.25) is 5.91 Å². The van der Waals surface area contributed by atoms with Gasteiger partial charge < -0.3 is 15.0 Å². The number of carbonyl (C=O) groups is 3. The number of ether oxygens (including phenoxy) is 1. The molecule has 2 aliphatic rings. The number of nitrogens with one attached hydrogen (secondary N) is 1. The first-order valence-corrected chi connectivity index (χ1v) is 9.66. The Kier molecular flexibility index (Phi) is 4.99. The highest BCUT2D eigenvalue weighted by Gasteiger charge is 2.49. The van der Waals surface area contributed by atoms with Gasteiger partial charge in [-0.3, -0.25) is 9.59 Å². The van der Waals surface area contributed by atoms with Crippen molar-refractivity contribution in [3.8, 4) is 0 Å². The van der Waals surface area contributed by atoms with Crippen LogP contribution in [0.1, 0.15) is 44.7 Å². The number of carbonyl (C=O) groups excluding carboxylic acids is 3. The number of fused-ring (bicyclic) bond motifs is 2. The van der Waals surface area contributed by atoms with Crippen molar-refractivity contribution in [2.24, 2.45) is 0 Å². The molecular weight excluding hydrogens is 413 g/mol. The zero-order valence-corrected chi connectivity index (χ0v) is 16.6. The summed E-state index contributed by atoms with van der Waals surface area (Å²) in [6.45, 7) is 0.518. The highest BCUT2D eigenvalue weighted by atomic mass is 19.4. The van der Waals surface area contributed by atoms with E-state index in [-0.39, 0.29) is 30.5 Å². The first kappa shape index (κ1) is 20.9. The molecule has 0 atom stereocenters. The van der Waals surface area contributed by atoms with E-state index in [1.54, 1.807) is 18.2 Å². The summed E-state index contributed by atoms with van der Waals surface area (Å²) in [4.78, 5) is 39.0. The molecular formula is C22H19F3N2O4. The summed E-state index contributed by atoms with van der Waals surface area (Å²) in [5, 5.41) is 2.84. The Morgan fingerprint density at radius 1 is 1.03 bits per heavy atom. The van der Waals surface area contributed by atoms with Gasteiger partial charge in [-0.05, 0) is 60.9 Å². The summed E-state index contributed by atoms with van der Waals surface area (Å²) in [7, 11) is 1.28.